The van der Waals surface area contributed by atoms with Crippen LogP contribution in [0.4, 0.5) is 0 Å². The fourth-order valence-corrected chi connectivity index (χ4v) is 2.77. The third-order valence-electron chi connectivity index (χ3n) is 4.07. The highest BCUT2D eigenvalue weighted by atomic mass is 15.3. The van der Waals surface area contributed by atoms with Crippen LogP contribution in [0, 0.1) is 6.92 Å². The first-order valence-electron chi connectivity index (χ1n) is 6.63. The summed E-state index contributed by atoms with van der Waals surface area (Å²) in [6.07, 6.45) is 5.85. The van der Waals surface area contributed by atoms with E-state index in [1.165, 1.54) is 11.3 Å². The van der Waals surface area contributed by atoms with Crippen molar-refractivity contribution in [3.8, 4) is 0 Å². The van der Waals surface area contributed by atoms with Gasteiger partial charge >= 0.3 is 0 Å². The Hall–Kier alpha value is -1.66. The molecule has 1 aliphatic rings. The Labute approximate surface area is 112 Å². The fourth-order valence-electron chi connectivity index (χ4n) is 2.77. The maximum absolute atomic E-state index is 6.00. The van der Waals surface area contributed by atoms with Gasteiger partial charge in [0.25, 0.3) is 0 Å². The number of hydrogen-bond acceptors (Lipinski definition) is 4. The van der Waals surface area contributed by atoms with Crippen molar-refractivity contribution in [2.45, 2.75) is 26.1 Å². The number of nitrogens with two attached hydrogens (primary N) is 1. The number of aromatic nitrogens is 4. The SMILES string of the molecule is Cc1c(C(CN)N2CCn3ccnc3C2)cnn1C. The summed E-state index contributed by atoms with van der Waals surface area (Å²) in [6, 6.07) is 0.221. The van der Waals surface area contributed by atoms with Crippen molar-refractivity contribution in [3.05, 3.63) is 35.7 Å². The number of rotatable bonds is 3. The molecule has 0 amide bonds. The van der Waals surface area contributed by atoms with Gasteiger partial charge in [-0.15, -0.1) is 0 Å². The van der Waals surface area contributed by atoms with Crippen LogP contribution in [0.25, 0.3) is 0 Å². The fraction of sp³-hybridized carbons (Fsp3) is 0.538. The number of nitrogens with zero attached hydrogens (tertiary/aromatic N) is 5. The molecular formula is C13H20N6. The van der Waals surface area contributed by atoms with E-state index in [9.17, 15) is 0 Å². The smallest absolute Gasteiger partial charge is 0.122 e. The summed E-state index contributed by atoms with van der Waals surface area (Å²) in [6.45, 7) is 5.52. The van der Waals surface area contributed by atoms with Crippen LogP contribution in [0.15, 0.2) is 18.6 Å². The molecule has 6 heteroatoms. The molecule has 1 unspecified atom stereocenters. The summed E-state index contributed by atoms with van der Waals surface area (Å²) in [4.78, 5) is 6.80. The maximum Gasteiger partial charge on any atom is 0.122 e. The zero-order chi connectivity index (χ0) is 13.4. The van der Waals surface area contributed by atoms with Gasteiger partial charge in [-0.25, -0.2) is 4.98 Å². The number of aryl methyl sites for hydroxylation is 1. The van der Waals surface area contributed by atoms with Gasteiger partial charge in [-0.3, -0.25) is 9.58 Å². The molecular weight excluding hydrogens is 240 g/mol. The Morgan fingerprint density at radius 2 is 2.26 bits per heavy atom. The van der Waals surface area contributed by atoms with Crippen molar-refractivity contribution in [1.29, 1.82) is 0 Å². The van der Waals surface area contributed by atoms with Crippen molar-refractivity contribution >= 4 is 0 Å². The van der Waals surface area contributed by atoms with Crippen LogP contribution >= 0.6 is 0 Å². The van der Waals surface area contributed by atoms with Gasteiger partial charge in [0, 0.05) is 50.3 Å². The Balaban J connectivity index is 1.86. The van der Waals surface area contributed by atoms with Crippen LogP contribution in [-0.4, -0.2) is 37.3 Å². The van der Waals surface area contributed by atoms with Gasteiger partial charge in [0.1, 0.15) is 5.82 Å². The van der Waals surface area contributed by atoms with Gasteiger partial charge in [0.2, 0.25) is 0 Å². The molecule has 2 N–H and O–H groups in total. The molecule has 3 rings (SSSR count). The maximum atomic E-state index is 6.00. The normalized spacial score (nSPS) is 17.4. The first-order valence-corrected chi connectivity index (χ1v) is 6.63. The lowest BCUT2D eigenvalue weighted by molar-refractivity contribution is 0.156. The molecule has 0 fully saturated rings. The molecule has 1 aliphatic heterocycles. The molecule has 0 bridgehead atoms. The van der Waals surface area contributed by atoms with Crippen LogP contribution in [0.2, 0.25) is 0 Å². The minimum atomic E-state index is 0.221. The predicted molar refractivity (Wildman–Crippen MR) is 72.4 cm³/mol. The van der Waals surface area contributed by atoms with E-state index < -0.39 is 0 Å². The van der Waals surface area contributed by atoms with Gasteiger partial charge in [-0.2, -0.15) is 5.10 Å². The lowest BCUT2D eigenvalue weighted by Crippen LogP contribution is -2.39. The predicted octanol–water partition coefficient (Wildman–Crippen LogP) is 0.441. The van der Waals surface area contributed by atoms with E-state index in [-0.39, 0.29) is 6.04 Å². The molecule has 6 nitrogen and oxygen atoms in total. The van der Waals surface area contributed by atoms with Gasteiger partial charge in [-0.05, 0) is 6.92 Å². The van der Waals surface area contributed by atoms with E-state index in [2.05, 4.69) is 26.5 Å². The zero-order valence-electron chi connectivity index (χ0n) is 11.5. The second-order valence-corrected chi connectivity index (χ2v) is 5.07. The molecule has 0 radical (unpaired) electrons. The monoisotopic (exact) mass is 260 g/mol. The third-order valence-corrected chi connectivity index (χ3v) is 4.07. The minimum Gasteiger partial charge on any atom is -0.333 e. The molecule has 19 heavy (non-hydrogen) atoms. The van der Waals surface area contributed by atoms with Crippen molar-refractivity contribution < 1.29 is 0 Å². The van der Waals surface area contributed by atoms with E-state index in [4.69, 9.17) is 5.73 Å². The van der Waals surface area contributed by atoms with Crippen LogP contribution < -0.4 is 5.73 Å². The second kappa shape index (κ2) is 4.79. The van der Waals surface area contributed by atoms with E-state index in [0.29, 0.717) is 6.54 Å². The van der Waals surface area contributed by atoms with Crippen LogP contribution in [-0.2, 0) is 20.1 Å². The molecule has 0 saturated carbocycles. The van der Waals surface area contributed by atoms with E-state index in [0.717, 1.165) is 25.5 Å². The Kier molecular flexibility index (Phi) is 3.12. The van der Waals surface area contributed by atoms with Crippen molar-refractivity contribution in [2.24, 2.45) is 12.8 Å². The average Bonchev–Trinajstić information content (AvgIpc) is 3.00. The van der Waals surface area contributed by atoms with Gasteiger partial charge in [-0.1, -0.05) is 0 Å². The summed E-state index contributed by atoms with van der Waals surface area (Å²) in [5.41, 5.74) is 8.41. The van der Waals surface area contributed by atoms with Crippen LogP contribution in [0.3, 0.4) is 0 Å². The summed E-state index contributed by atoms with van der Waals surface area (Å²) in [5.74, 6) is 1.12. The topological polar surface area (TPSA) is 64.9 Å². The van der Waals surface area contributed by atoms with Crippen LogP contribution in [0.1, 0.15) is 23.1 Å². The summed E-state index contributed by atoms with van der Waals surface area (Å²) >= 11 is 0. The Morgan fingerprint density at radius 1 is 1.42 bits per heavy atom. The first kappa shape index (κ1) is 12.4. The number of fused-ring (bicyclic) bond motifs is 1. The largest absolute Gasteiger partial charge is 0.333 e. The quantitative estimate of drug-likeness (QED) is 0.870. The molecule has 0 saturated heterocycles. The third kappa shape index (κ3) is 2.06. The van der Waals surface area contributed by atoms with Crippen molar-refractivity contribution in [1.82, 2.24) is 24.2 Å². The van der Waals surface area contributed by atoms with E-state index >= 15 is 0 Å². The second-order valence-electron chi connectivity index (χ2n) is 5.07. The highest BCUT2D eigenvalue weighted by molar-refractivity contribution is 5.21. The zero-order valence-corrected chi connectivity index (χ0v) is 11.5. The van der Waals surface area contributed by atoms with Gasteiger partial charge in [0.05, 0.1) is 18.8 Å². The number of imidazole rings is 1. The lowest BCUT2D eigenvalue weighted by atomic mass is 10.1. The van der Waals surface area contributed by atoms with Crippen LogP contribution in [0.5, 0.6) is 0 Å². The van der Waals surface area contributed by atoms with Gasteiger partial charge < -0.3 is 10.3 Å². The van der Waals surface area contributed by atoms with E-state index in [1.807, 2.05) is 30.3 Å². The molecule has 2 aromatic heterocycles. The summed E-state index contributed by atoms with van der Waals surface area (Å²) in [5, 5.41) is 4.33. The highest BCUT2D eigenvalue weighted by Crippen LogP contribution is 2.26. The van der Waals surface area contributed by atoms with Gasteiger partial charge in [0.15, 0.2) is 0 Å². The molecule has 0 aliphatic carbocycles. The molecule has 2 aromatic rings. The average molecular weight is 260 g/mol. The van der Waals surface area contributed by atoms with E-state index in [1.54, 1.807) is 0 Å². The summed E-state index contributed by atoms with van der Waals surface area (Å²) < 4.78 is 4.11. The highest BCUT2D eigenvalue weighted by Gasteiger charge is 2.26. The molecule has 1 atom stereocenters. The lowest BCUT2D eigenvalue weighted by Gasteiger charge is -2.34. The Bertz CT molecular complexity index is 569. The molecule has 0 aromatic carbocycles. The first-order chi connectivity index (χ1) is 9.20. The Morgan fingerprint density at radius 3 is 2.95 bits per heavy atom. The van der Waals surface area contributed by atoms with Crippen molar-refractivity contribution in [3.63, 3.8) is 0 Å². The van der Waals surface area contributed by atoms with Crippen molar-refractivity contribution in [2.75, 3.05) is 13.1 Å². The molecule has 102 valence electrons. The summed E-state index contributed by atoms with van der Waals surface area (Å²) in [7, 11) is 1.97. The minimum absolute atomic E-state index is 0.221. The number of hydrogen-bond donors (Lipinski definition) is 1. The standard InChI is InChI=1S/C13H20N6/c1-10-11(8-16-17(10)2)12(7-14)19-6-5-18-4-3-15-13(18)9-19/h3-4,8,12H,5-7,9,14H2,1-2H3. The molecule has 0 spiro atoms. The molecule has 3 heterocycles.